The Morgan fingerprint density at radius 1 is 1.16 bits per heavy atom. The number of halogens is 1. The van der Waals surface area contributed by atoms with Crippen LogP contribution in [0.3, 0.4) is 0 Å². The summed E-state index contributed by atoms with van der Waals surface area (Å²) in [5.41, 5.74) is 1.83. The van der Waals surface area contributed by atoms with Crippen molar-refractivity contribution in [2.75, 3.05) is 31.6 Å². The minimum Gasteiger partial charge on any atom is -0.494 e. The number of urea groups is 1. The average Bonchev–Trinajstić information content (AvgIpc) is 2.77. The molecule has 1 aliphatic heterocycles. The molecule has 1 atom stereocenters. The van der Waals surface area contributed by atoms with Crippen molar-refractivity contribution >= 4 is 23.3 Å². The van der Waals surface area contributed by atoms with Crippen molar-refractivity contribution < 1.29 is 9.53 Å². The van der Waals surface area contributed by atoms with Gasteiger partial charge in [-0.15, -0.1) is 0 Å². The topological polar surface area (TPSA) is 44.8 Å². The molecule has 0 bridgehead atoms. The van der Waals surface area contributed by atoms with Crippen LogP contribution in [0.4, 0.5) is 10.5 Å². The first kappa shape index (κ1) is 23.4. The number of hydrogen-bond donors (Lipinski definition) is 1. The summed E-state index contributed by atoms with van der Waals surface area (Å²) in [5, 5.41) is 3.66. The van der Waals surface area contributed by atoms with Crippen LogP contribution in [0.5, 0.6) is 5.75 Å². The van der Waals surface area contributed by atoms with Gasteiger partial charge in [0.2, 0.25) is 0 Å². The van der Waals surface area contributed by atoms with E-state index in [9.17, 15) is 4.79 Å². The number of anilines is 1. The maximum Gasteiger partial charge on any atom is 0.322 e. The maximum atomic E-state index is 13.1. The summed E-state index contributed by atoms with van der Waals surface area (Å²) >= 11 is 5.97. The maximum absolute atomic E-state index is 13.1. The Kier molecular flexibility index (Phi) is 9.04. The molecular formula is C25H34ClN3O2. The molecule has 1 saturated heterocycles. The number of nitrogens with one attached hydrogen (secondary N) is 1. The Balaban J connectivity index is 1.63. The number of nitrogens with zero attached hydrogens (tertiary/aromatic N) is 2. The van der Waals surface area contributed by atoms with Crippen molar-refractivity contribution in [2.24, 2.45) is 0 Å². The molecule has 0 saturated carbocycles. The van der Waals surface area contributed by atoms with Gasteiger partial charge >= 0.3 is 6.03 Å². The molecular weight excluding hydrogens is 410 g/mol. The van der Waals surface area contributed by atoms with Gasteiger partial charge in [-0.1, -0.05) is 30.2 Å². The molecule has 0 spiro atoms. The van der Waals surface area contributed by atoms with Crippen LogP contribution < -0.4 is 10.1 Å². The average molecular weight is 444 g/mol. The van der Waals surface area contributed by atoms with E-state index >= 15 is 0 Å². The number of carbonyl (C=O) groups excluding carboxylic acids is 1. The lowest BCUT2D eigenvalue weighted by Crippen LogP contribution is -2.40. The first-order valence-electron chi connectivity index (χ1n) is 11.3. The van der Waals surface area contributed by atoms with Crippen LogP contribution in [0, 0.1) is 0 Å². The second-order valence-electron chi connectivity index (χ2n) is 8.17. The van der Waals surface area contributed by atoms with Crippen molar-refractivity contribution in [3.8, 4) is 5.75 Å². The molecule has 31 heavy (non-hydrogen) atoms. The Morgan fingerprint density at radius 3 is 2.58 bits per heavy atom. The molecule has 168 valence electrons. The van der Waals surface area contributed by atoms with Crippen LogP contribution >= 0.6 is 11.6 Å². The first-order valence-corrected chi connectivity index (χ1v) is 11.7. The number of rotatable bonds is 9. The minimum absolute atomic E-state index is 0.0945. The summed E-state index contributed by atoms with van der Waals surface area (Å²) in [4.78, 5) is 17.5. The SMILES string of the molecule is CCOc1ccc(CN(CCCN2CCCCC2C)C(=O)Nc2ccc(Cl)cc2)cc1. The van der Waals surface area contributed by atoms with Crippen molar-refractivity contribution in [3.05, 3.63) is 59.1 Å². The van der Waals surface area contributed by atoms with Gasteiger partial charge in [0, 0.05) is 36.4 Å². The first-order chi connectivity index (χ1) is 15.0. The molecule has 0 radical (unpaired) electrons. The quantitative estimate of drug-likeness (QED) is 0.514. The highest BCUT2D eigenvalue weighted by atomic mass is 35.5. The zero-order chi connectivity index (χ0) is 22.1. The summed E-state index contributed by atoms with van der Waals surface area (Å²) in [6.45, 7) is 8.37. The Hall–Kier alpha value is -2.24. The molecule has 3 rings (SSSR count). The lowest BCUT2D eigenvalue weighted by molar-refractivity contribution is 0.150. The van der Waals surface area contributed by atoms with Gasteiger partial charge < -0.3 is 19.9 Å². The van der Waals surface area contributed by atoms with Gasteiger partial charge in [-0.3, -0.25) is 0 Å². The number of hydrogen-bond acceptors (Lipinski definition) is 3. The zero-order valence-corrected chi connectivity index (χ0v) is 19.4. The highest BCUT2D eigenvalue weighted by Gasteiger charge is 2.19. The predicted molar refractivity (Wildman–Crippen MR) is 128 cm³/mol. The molecule has 0 aromatic heterocycles. The van der Waals surface area contributed by atoms with Crippen LogP contribution in [0.2, 0.25) is 5.02 Å². The number of benzene rings is 2. The van der Waals surface area contributed by atoms with Crippen LogP contribution in [-0.4, -0.2) is 48.1 Å². The number of piperidine rings is 1. The molecule has 1 heterocycles. The van der Waals surface area contributed by atoms with E-state index in [-0.39, 0.29) is 6.03 Å². The van der Waals surface area contributed by atoms with Crippen molar-refractivity contribution in [1.29, 1.82) is 0 Å². The van der Waals surface area contributed by atoms with Crippen LogP contribution in [-0.2, 0) is 6.54 Å². The normalized spacial score (nSPS) is 16.7. The molecule has 2 aromatic rings. The van der Waals surface area contributed by atoms with Gasteiger partial charge in [0.25, 0.3) is 0 Å². The van der Waals surface area contributed by atoms with E-state index in [1.54, 1.807) is 12.1 Å². The van der Waals surface area contributed by atoms with Crippen molar-refractivity contribution in [2.45, 2.75) is 52.1 Å². The molecule has 2 amide bonds. The monoisotopic (exact) mass is 443 g/mol. The Labute approximate surface area is 191 Å². The van der Waals surface area contributed by atoms with Gasteiger partial charge in [-0.05, 0) is 81.6 Å². The van der Waals surface area contributed by atoms with Gasteiger partial charge in [-0.2, -0.15) is 0 Å². The van der Waals surface area contributed by atoms with Crippen LogP contribution in [0.15, 0.2) is 48.5 Å². The number of ether oxygens (including phenoxy) is 1. The van der Waals surface area contributed by atoms with Gasteiger partial charge in [0.1, 0.15) is 5.75 Å². The van der Waals surface area contributed by atoms with E-state index < -0.39 is 0 Å². The highest BCUT2D eigenvalue weighted by molar-refractivity contribution is 6.30. The molecule has 5 nitrogen and oxygen atoms in total. The number of likely N-dealkylation sites (tertiary alicyclic amines) is 1. The second-order valence-corrected chi connectivity index (χ2v) is 8.61. The molecule has 1 unspecified atom stereocenters. The van der Waals surface area contributed by atoms with E-state index in [0.717, 1.165) is 36.5 Å². The van der Waals surface area contributed by atoms with E-state index in [1.165, 1.54) is 19.3 Å². The summed E-state index contributed by atoms with van der Waals surface area (Å²) in [6.07, 6.45) is 4.82. The van der Waals surface area contributed by atoms with E-state index in [4.69, 9.17) is 16.3 Å². The summed E-state index contributed by atoms with van der Waals surface area (Å²) in [7, 11) is 0. The molecule has 0 aliphatic carbocycles. The third-order valence-corrected chi connectivity index (χ3v) is 6.06. The summed E-state index contributed by atoms with van der Waals surface area (Å²) in [6, 6.07) is 15.7. The molecule has 1 aliphatic rings. The van der Waals surface area contributed by atoms with E-state index in [0.29, 0.717) is 30.8 Å². The lowest BCUT2D eigenvalue weighted by Gasteiger charge is -2.34. The molecule has 1 N–H and O–H groups in total. The fourth-order valence-corrected chi connectivity index (χ4v) is 4.15. The predicted octanol–water partition coefficient (Wildman–Crippen LogP) is 6.04. The third-order valence-electron chi connectivity index (χ3n) is 5.80. The summed E-state index contributed by atoms with van der Waals surface area (Å²) in [5.74, 6) is 0.850. The fourth-order valence-electron chi connectivity index (χ4n) is 4.02. The van der Waals surface area contributed by atoms with Crippen LogP contribution in [0.1, 0.15) is 45.1 Å². The fraction of sp³-hybridized carbons (Fsp3) is 0.480. The second kappa shape index (κ2) is 12.0. The number of carbonyl (C=O) groups is 1. The Bertz CT molecular complexity index is 811. The van der Waals surface area contributed by atoms with E-state index in [2.05, 4.69) is 17.1 Å². The Morgan fingerprint density at radius 2 is 1.90 bits per heavy atom. The summed E-state index contributed by atoms with van der Waals surface area (Å²) < 4.78 is 5.53. The third kappa shape index (κ3) is 7.44. The molecule has 1 fully saturated rings. The molecule has 6 heteroatoms. The minimum atomic E-state index is -0.0945. The lowest BCUT2D eigenvalue weighted by atomic mass is 10.0. The largest absolute Gasteiger partial charge is 0.494 e. The van der Waals surface area contributed by atoms with Gasteiger partial charge in [0.05, 0.1) is 6.61 Å². The van der Waals surface area contributed by atoms with Gasteiger partial charge in [-0.25, -0.2) is 4.79 Å². The standard InChI is InChI=1S/C25H34ClN3O2/c1-3-31-24-14-8-21(9-15-24)19-29(18-6-17-28-16-5-4-7-20(28)2)25(30)27-23-12-10-22(26)11-13-23/h8-15,20H,3-7,16-19H2,1-2H3,(H,27,30). The zero-order valence-electron chi connectivity index (χ0n) is 18.6. The molecule has 2 aromatic carbocycles. The smallest absolute Gasteiger partial charge is 0.322 e. The number of amides is 2. The van der Waals surface area contributed by atoms with Crippen molar-refractivity contribution in [1.82, 2.24) is 9.80 Å². The van der Waals surface area contributed by atoms with Crippen LogP contribution in [0.25, 0.3) is 0 Å². The van der Waals surface area contributed by atoms with E-state index in [1.807, 2.05) is 48.2 Å². The highest BCUT2D eigenvalue weighted by Crippen LogP contribution is 2.19. The van der Waals surface area contributed by atoms with Gasteiger partial charge in [0.15, 0.2) is 0 Å². The van der Waals surface area contributed by atoms with Crippen molar-refractivity contribution in [3.63, 3.8) is 0 Å².